The fourth-order valence-electron chi connectivity index (χ4n) is 2.46. The smallest absolute Gasteiger partial charge is 0.271 e. The van der Waals surface area contributed by atoms with Crippen LogP contribution < -0.4 is 10.1 Å². The number of likely N-dealkylation sites (N-methyl/N-ethyl adjacent to an activating group) is 1. The Hall–Kier alpha value is -2.93. The molecule has 0 fully saturated rings. The lowest BCUT2D eigenvalue weighted by Crippen LogP contribution is -2.39. The minimum atomic E-state index is -0.512. The number of benzene rings is 2. The zero-order valence-electron chi connectivity index (χ0n) is 15.4. The SMILES string of the molecule is COc1ccc([N+](=O)[O-])cc1NC(=O)C(C)N(C)Cc1ccc(C)cc1. The van der Waals surface area contributed by atoms with Crippen molar-refractivity contribution in [2.24, 2.45) is 0 Å². The van der Waals surface area contributed by atoms with Crippen molar-refractivity contribution in [2.45, 2.75) is 26.4 Å². The van der Waals surface area contributed by atoms with Gasteiger partial charge in [-0.2, -0.15) is 0 Å². The first kappa shape index (κ1) is 19.4. The summed E-state index contributed by atoms with van der Waals surface area (Å²) in [5.41, 5.74) is 2.45. The number of nitro groups is 1. The third-order valence-electron chi connectivity index (χ3n) is 4.24. The lowest BCUT2D eigenvalue weighted by atomic mass is 10.1. The second-order valence-electron chi connectivity index (χ2n) is 6.21. The highest BCUT2D eigenvalue weighted by Crippen LogP contribution is 2.29. The van der Waals surface area contributed by atoms with Gasteiger partial charge < -0.3 is 10.1 Å². The van der Waals surface area contributed by atoms with Crippen LogP contribution in [-0.2, 0) is 11.3 Å². The van der Waals surface area contributed by atoms with E-state index in [1.807, 2.05) is 43.1 Å². The molecule has 1 unspecified atom stereocenters. The normalized spacial score (nSPS) is 11.9. The molecule has 1 amide bonds. The van der Waals surface area contributed by atoms with Crippen LogP contribution in [-0.4, -0.2) is 35.9 Å². The standard InChI is InChI=1S/C19H23N3O4/c1-13-5-7-15(8-6-13)12-21(3)14(2)19(23)20-17-11-16(22(24)25)9-10-18(17)26-4/h5-11,14H,12H2,1-4H3,(H,20,23). The van der Waals surface area contributed by atoms with Gasteiger partial charge in [0.05, 0.1) is 23.8 Å². The molecule has 1 atom stereocenters. The van der Waals surface area contributed by atoms with Gasteiger partial charge in [-0.3, -0.25) is 19.8 Å². The van der Waals surface area contributed by atoms with E-state index in [1.54, 1.807) is 6.92 Å². The van der Waals surface area contributed by atoms with Gasteiger partial charge in [0.2, 0.25) is 5.91 Å². The Morgan fingerprint density at radius 2 is 1.92 bits per heavy atom. The zero-order chi connectivity index (χ0) is 19.3. The molecule has 2 rings (SSSR count). The summed E-state index contributed by atoms with van der Waals surface area (Å²) in [6.45, 7) is 4.42. The van der Waals surface area contributed by atoms with E-state index < -0.39 is 11.0 Å². The summed E-state index contributed by atoms with van der Waals surface area (Å²) in [5.74, 6) is 0.107. The first-order valence-corrected chi connectivity index (χ1v) is 8.21. The summed E-state index contributed by atoms with van der Waals surface area (Å²) < 4.78 is 5.18. The van der Waals surface area contributed by atoms with E-state index in [4.69, 9.17) is 4.74 Å². The molecule has 0 aliphatic rings. The van der Waals surface area contributed by atoms with Gasteiger partial charge in [0, 0.05) is 18.7 Å². The van der Waals surface area contributed by atoms with Gasteiger partial charge in [-0.1, -0.05) is 29.8 Å². The molecule has 0 radical (unpaired) electrons. The van der Waals surface area contributed by atoms with Crippen molar-refractivity contribution >= 4 is 17.3 Å². The highest BCUT2D eigenvalue weighted by atomic mass is 16.6. The second-order valence-corrected chi connectivity index (χ2v) is 6.21. The highest BCUT2D eigenvalue weighted by molar-refractivity contribution is 5.96. The Kier molecular flexibility index (Phi) is 6.30. The largest absolute Gasteiger partial charge is 0.495 e. The third kappa shape index (κ3) is 4.80. The van der Waals surface area contributed by atoms with Gasteiger partial charge in [-0.25, -0.2) is 0 Å². The Balaban J connectivity index is 2.09. The Morgan fingerprint density at radius 1 is 1.27 bits per heavy atom. The van der Waals surface area contributed by atoms with Crippen LogP contribution >= 0.6 is 0 Å². The van der Waals surface area contributed by atoms with Crippen LogP contribution in [0.1, 0.15) is 18.1 Å². The zero-order valence-corrected chi connectivity index (χ0v) is 15.4. The number of hydrogen-bond acceptors (Lipinski definition) is 5. The first-order chi connectivity index (χ1) is 12.3. The number of ether oxygens (including phenoxy) is 1. The van der Waals surface area contributed by atoms with Crippen molar-refractivity contribution in [3.8, 4) is 5.75 Å². The number of nitro benzene ring substituents is 1. The average molecular weight is 357 g/mol. The fourth-order valence-corrected chi connectivity index (χ4v) is 2.46. The molecule has 26 heavy (non-hydrogen) atoms. The average Bonchev–Trinajstić information content (AvgIpc) is 2.62. The maximum atomic E-state index is 12.6. The van der Waals surface area contributed by atoms with E-state index in [0.717, 1.165) is 5.56 Å². The van der Waals surface area contributed by atoms with E-state index in [1.165, 1.54) is 30.9 Å². The number of anilines is 1. The number of nitrogens with one attached hydrogen (secondary N) is 1. The molecule has 0 spiro atoms. The van der Waals surface area contributed by atoms with Crippen molar-refractivity contribution in [3.05, 3.63) is 63.7 Å². The quantitative estimate of drug-likeness (QED) is 0.607. The molecule has 7 nitrogen and oxygen atoms in total. The molecule has 0 heterocycles. The molecule has 0 saturated heterocycles. The van der Waals surface area contributed by atoms with Gasteiger partial charge >= 0.3 is 0 Å². The number of aryl methyl sites for hydroxylation is 1. The van der Waals surface area contributed by atoms with Crippen molar-refractivity contribution in [1.29, 1.82) is 0 Å². The van der Waals surface area contributed by atoms with E-state index in [-0.39, 0.29) is 17.3 Å². The lowest BCUT2D eigenvalue weighted by molar-refractivity contribution is -0.384. The van der Waals surface area contributed by atoms with Crippen LogP contribution in [0.5, 0.6) is 5.75 Å². The van der Waals surface area contributed by atoms with Crippen LogP contribution in [0.25, 0.3) is 0 Å². The van der Waals surface area contributed by atoms with E-state index in [0.29, 0.717) is 12.3 Å². The van der Waals surface area contributed by atoms with Crippen LogP contribution in [0.4, 0.5) is 11.4 Å². The van der Waals surface area contributed by atoms with Gasteiger partial charge in [-0.05, 0) is 32.5 Å². The molecule has 7 heteroatoms. The summed E-state index contributed by atoms with van der Waals surface area (Å²) in [6, 6.07) is 11.8. The van der Waals surface area contributed by atoms with Crippen molar-refractivity contribution < 1.29 is 14.5 Å². The number of rotatable bonds is 7. The van der Waals surface area contributed by atoms with Crippen LogP contribution in [0.15, 0.2) is 42.5 Å². The topological polar surface area (TPSA) is 84.7 Å². The number of nitrogens with zero attached hydrogens (tertiary/aromatic N) is 2. The molecule has 2 aromatic rings. The number of carbonyl (C=O) groups is 1. The summed E-state index contributed by atoms with van der Waals surface area (Å²) >= 11 is 0. The summed E-state index contributed by atoms with van der Waals surface area (Å²) in [4.78, 5) is 24.9. The number of hydrogen-bond donors (Lipinski definition) is 1. The van der Waals surface area contributed by atoms with Crippen molar-refractivity contribution in [3.63, 3.8) is 0 Å². The van der Waals surface area contributed by atoms with Crippen molar-refractivity contribution in [1.82, 2.24) is 4.90 Å². The first-order valence-electron chi connectivity index (χ1n) is 8.21. The van der Waals surface area contributed by atoms with E-state index in [9.17, 15) is 14.9 Å². The Bertz CT molecular complexity index is 790. The molecule has 0 aromatic heterocycles. The molecule has 1 N–H and O–H groups in total. The molecular weight excluding hydrogens is 334 g/mol. The number of amides is 1. The van der Waals surface area contributed by atoms with Crippen LogP contribution in [0.2, 0.25) is 0 Å². The third-order valence-corrected chi connectivity index (χ3v) is 4.24. The highest BCUT2D eigenvalue weighted by Gasteiger charge is 2.21. The van der Waals surface area contributed by atoms with Crippen LogP contribution in [0.3, 0.4) is 0 Å². The second kappa shape index (κ2) is 8.44. The summed E-state index contributed by atoms with van der Waals surface area (Å²) in [7, 11) is 3.30. The Morgan fingerprint density at radius 3 is 2.50 bits per heavy atom. The Labute approximate surface area is 152 Å². The lowest BCUT2D eigenvalue weighted by Gasteiger charge is -2.24. The van der Waals surface area contributed by atoms with Gasteiger partial charge in [0.1, 0.15) is 5.75 Å². The van der Waals surface area contributed by atoms with E-state index >= 15 is 0 Å². The number of non-ortho nitro benzene ring substituents is 1. The van der Waals surface area contributed by atoms with Gasteiger partial charge in [0.25, 0.3) is 5.69 Å². The maximum absolute atomic E-state index is 12.6. The van der Waals surface area contributed by atoms with Crippen LogP contribution in [0, 0.1) is 17.0 Å². The molecule has 0 aliphatic heterocycles. The minimum Gasteiger partial charge on any atom is -0.495 e. The minimum absolute atomic E-state index is 0.109. The molecule has 2 aromatic carbocycles. The fraction of sp³-hybridized carbons (Fsp3) is 0.316. The number of methoxy groups -OCH3 is 1. The van der Waals surface area contributed by atoms with Gasteiger partial charge in [0.15, 0.2) is 0 Å². The summed E-state index contributed by atoms with van der Waals surface area (Å²) in [5, 5.41) is 13.7. The molecule has 0 aliphatic carbocycles. The molecule has 0 bridgehead atoms. The van der Waals surface area contributed by atoms with Crippen molar-refractivity contribution in [2.75, 3.05) is 19.5 Å². The van der Waals surface area contributed by atoms with Gasteiger partial charge in [-0.15, -0.1) is 0 Å². The maximum Gasteiger partial charge on any atom is 0.271 e. The number of carbonyl (C=O) groups excluding carboxylic acids is 1. The molecular formula is C19H23N3O4. The summed E-state index contributed by atoms with van der Waals surface area (Å²) in [6.07, 6.45) is 0. The predicted molar refractivity (Wildman–Crippen MR) is 100 cm³/mol. The molecule has 0 saturated carbocycles. The molecule has 138 valence electrons. The monoisotopic (exact) mass is 357 g/mol. The van der Waals surface area contributed by atoms with E-state index in [2.05, 4.69) is 5.32 Å². The predicted octanol–water partition coefficient (Wildman–Crippen LogP) is 3.37.